The molecule has 0 aliphatic heterocycles. The number of nitrogens with zero attached hydrogens (tertiary/aromatic N) is 1. The van der Waals surface area contributed by atoms with Gasteiger partial charge in [0.15, 0.2) is 0 Å². The van der Waals surface area contributed by atoms with Gasteiger partial charge in [0, 0.05) is 11.1 Å². The van der Waals surface area contributed by atoms with Gasteiger partial charge in [0.25, 0.3) is 5.91 Å². The van der Waals surface area contributed by atoms with Crippen molar-refractivity contribution in [3.63, 3.8) is 0 Å². The number of aromatic nitrogens is 1. The Bertz CT molecular complexity index is 664. The lowest BCUT2D eigenvalue weighted by Crippen LogP contribution is -2.25. The van der Waals surface area contributed by atoms with Crippen LogP contribution in [-0.2, 0) is 0 Å². The number of hydrogen-bond acceptors (Lipinski definition) is 5. The van der Waals surface area contributed by atoms with Crippen LogP contribution in [0.4, 0.5) is 0 Å². The van der Waals surface area contributed by atoms with Gasteiger partial charge in [-0.05, 0) is 26.0 Å². The van der Waals surface area contributed by atoms with Crippen molar-refractivity contribution in [1.82, 2.24) is 10.3 Å². The van der Waals surface area contributed by atoms with Crippen LogP contribution in [0.5, 0.6) is 0 Å². The number of carbonyl (C=O) groups excluding carboxylic acids is 1. The van der Waals surface area contributed by atoms with Crippen molar-refractivity contribution in [2.75, 3.05) is 6.61 Å². The highest BCUT2D eigenvalue weighted by Gasteiger charge is 2.15. The Kier molecular flexibility index (Phi) is 4.90. The highest BCUT2D eigenvalue weighted by molar-refractivity contribution is 7.14. The molecule has 6 heteroatoms. The van der Waals surface area contributed by atoms with Crippen molar-refractivity contribution < 1.29 is 9.90 Å². The predicted octanol–water partition coefficient (Wildman–Crippen LogP) is 2.35. The van der Waals surface area contributed by atoms with Gasteiger partial charge in [-0.1, -0.05) is 11.8 Å². The maximum Gasteiger partial charge on any atom is 0.261 e. The Morgan fingerprint density at radius 2 is 2.35 bits per heavy atom. The molecule has 0 aromatic carbocycles. The van der Waals surface area contributed by atoms with E-state index in [9.17, 15) is 4.79 Å². The van der Waals surface area contributed by atoms with Crippen LogP contribution in [0.1, 0.15) is 38.2 Å². The molecule has 0 spiro atoms. The Labute approximate surface area is 125 Å². The molecule has 4 nitrogen and oxygen atoms in total. The highest BCUT2D eigenvalue weighted by Crippen LogP contribution is 2.20. The fourth-order valence-corrected chi connectivity index (χ4v) is 3.14. The van der Waals surface area contributed by atoms with Crippen LogP contribution in [0.15, 0.2) is 17.5 Å². The second-order valence-corrected chi connectivity index (χ2v) is 6.12. The third-order valence-corrected chi connectivity index (χ3v) is 4.62. The van der Waals surface area contributed by atoms with Gasteiger partial charge < -0.3 is 10.4 Å². The van der Waals surface area contributed by atoms with Crippen LogP contribution in [-0.4, -0.2) is 22.6 Å². The quantitative estimate of drug-likeness (QED) is 0.856. The number of carbonyl (C=O) groups is 1. The van der Waals surface area contributed by atoms with Crippen molar-refractivity contribution in [1.29, 1.82) is 0 Å². The Hall–Kier alpha value is -1.68. The Balaban J connectivity index is 2.02. The number of thiophene rings is 1. The van der Waals surface area contributed by atoms with Gasteiger partial charge in [-0.25, -0.2) is 4.98 Å². The smallest absolute Gasteiger partial charge is 0.261 e. The second-order valence-electron chi connectivity index (χ2n) is 4.15. The van der Waals surface area contributed by atoms with Crippen LogP contribution in [0.2, 0.25) is 0 Å². The predicted molar refractivity (Wildman–Crippen MR) is 81.0 cm³/mol. The summed E-state index contributed by atoms with van der Waals surface area (Å²) in [5, 5.41) is 14.4. The number of thiazole rings is 1. The van der Waals surface area contributed by atoms with E-state index in [0.717, 1.165) is 15.6 Å². The topological polar surface area (TPSA) is 62.2 Å². The lowest BCUT2D eigenvalue weighted by atomic mass is 10.3. The maximum absolute atomic E-state index is 12.1. The first-order chi connectivity index (χ1) is 9.60. The summed E-state index contributed by atoms with van der Waals surface area (Å²) in [6.45, 7) is 3.66. The molecule has 20 heavy (non-hydrogen) atoms. The van der Waals surface area contributed by atoms with Crippen LogP contribution in [0.25, 0.3) is 0 Å². The first-order valence-corrected chi connectivity index (χ1v) is 7.72. The number of aryl methyl sites for hydroxylation is 1. The molecule has 1 amide bonds. The molecule has 2 heterocycles. The van der Waals surface area contributed by atoms with E-state index in [2.05, 4.69) is 22.1 Å². The molecule has 1 unspecified atom stereocenters. The molecule has 0 aliphatic carbocycles. The average molecular weight is 306 g/mol. The van der Waals surface area contributed by atoms with E-state index < -0.39 is 0 Å². The Morgan fingerprint density at radius 1 is 1.55 bits per heavy atom. The number of amides is 1. The molecule has 0 radical (unpaired) electrons. The standard InChI is InChI=1S/C14H14N2O2S2/c1-9-8-19-14(15-9)10(2)16-13(18)12-6-5-11(20-12)4-3-7-17/h5-6,8,10,17H,7H2,1-2H3,(H,16,18). The Morgan fingerprint density at radius 3 is 3.00 bits per heavy atom. The van der Waals surface area contributed by atoms with E-state index >= 15 is 0 Å². The summed E-state index contributed by atoms with van der Waals surface area (Å²) in [6.07, 6.45) is 0. The van der Waals surface area contributed by atoms with E-state index in [0.29, 0.717) is 4.88 Å². The van der Waals surface area contributed by atoms with Crippen LogP contribution >= 0.6 is 22.7 Å². The largest absolute Gasteiger partial charge is 0.384 e. The van der Waals surface area contributed by atoms with E-state index in [1.54, 1.807) is 12.1 Å². The zero-order valence-electron chi connectivity index (χ0n) is 11.1. The van der Waals surface area contributed by atoms with Crippen molar-refractivity contribution in [3.8, 4) is 11.8 Å². The summed E-state index contributed by atoms with van der Waals surface area (Å²) in [5.41, 5.74) is 0.962. The van der Waals surface area contributed by atoms with Crippen LogP contribution in [0, 0.1) is 18.8 Å². The molecule has 1 atom stereocenters. The number of aliphatic hydroxyl groups excluding tert-OH is 1. The van der Waals surface area contributed by atoms with Crippen LogP contribution in [0.3, 0.4) is 0 Å². The van der Waals surface area contributed by atoms with Gasteiger partial charge in [0.2, 0.25) is 0 Å². The van der Waals surface area contributed by atoms with E-state index in [1.165, 1.54) is 22.7 Å². The molecule has 2 N–H and O–H groups in total. The summed E-state index contributed by atoms with van der Waals surface area (Å²) >= 11 is 2.85. The summed E-state index contributed by atoms with van der Waals surface area (Å²) < 4.78 is 0. The normalized spacial score (nSPS) is 11.6. The first kappa shape index (κ1) is 14.7. The number of rotatable bonds is 3. The minimum atomic E-state index is -0.181. The monoisotopic (exact) mass is 306 g/mol. The molecule has 0 saturated carbocycles. The molecule has 0 aliphatic rings. The zero-order chi connectivity index (χ0) is 14.5. The molecule has 0 bridgehead atoms. The average Bonchev–Trinajstić information content (AvgIpc) is 3.05. The molecule has 2 rings (SSSR count). The third-order valence-electron chi connectivity index (χ3n) is 2.48. The zero-order valence-corrected chi connectivity index (χ0v) is 12.8. The maximum atomic E-state index is 12.1. The second kappa shape index (κ2) is 6.66. The number of nitrogens with one attached hydrogen (secondary N) is 1. The fourth-order valence-electron chi connectivity index (χ4n) is 1.55. The molecule has 2 aromatic rings. The van der Waals surface area contributed by atoms with Gasteiger partial charge in [0.05, 0.1) is 15.8 Å². The molecule has 0 saturated heterocycles. The van der Waals surface area contributed by atoms with Gasteiger partial charge in [-0.3, -0.25) is 4.79 Å². The summed E-state index contributed by atoms with van der Waals surface area (Å²) in [5.74, 6) is 5.22. The molecule has 0 fully saturated rings. The van der Waals surface area contributed by atoms with E-state index in [1.807, 2.05) is 19.2 Å². The molecule has 104 valence electrons. The lowest BCUT2D eigenvalue weighted by molar-refractivity contribution is 0.0944. The summed E-state index contributed by atoms with van der Waals surface area (Å²) in [7, 11) is 0. The van der Waals surface area contributed by atoms with Crippen LogP contribution < -0.4 is 5.32 Å². The summed E-state index contributed by atoms with van der Waals surface area (Å²) in [4.78, 5) is 17.8. The van der Waals surface area contributed by atoms with Crippen molar-refractivity contribution in [2.45, 2.75) is 19.9 Å². The summed E-state index contributed by atoms with van der Waals surface area (Å²) in [6, 6.07) is 3.40. The van der Waals surface area contributed by atoms with Crippen molar-refractivity contribution in [2.24, 2.45) is 0 Å². The third kappa shape index (κ3) is 3.67. The number of aliphatic hydroxyl groups is 1. The molecular formula is C14H14N2O2S2. The fraction of sp³-hybridized carbons (Fsp3) is 0.286. The van der Waals surface area contributed by atoms with Gasteiger partial charge in [-0.15, -0.1) is 22.7 Å². The first-order valence-electron chi connectivity index (χ1n) is 6.02. The van der Waals surface area contributed by atoms with Gasteiger partial charge in [0.1, 0.15) is 11.6 Å². The van der Waals surface area contributed by atoms with Gasteiger partial charge >= 0.3 is 0 Å². The van der Waals surface area contributed by atoms with E-state index in [-0.39, 0.29) is 18.6 Å². The lowest BCUT2D eigenvalue weighted by Gasteiger charge is -2.09. The van der Waals surface area contributed by atoms with Crippen molar-refractivity contribution >= 4 is 28.6 Å². The minimum Gasteiger partial charge on any atom is -0.384 e. The molecule has 2 aromatic heterocycles. The van der Waals surface area contributed by atoms with Crippen molar-refractivity contribution in [3.05, 3.63) is 38.0 Å². The number of hydrogen-bond donors (Lipinski definition) is 2. The van der Waals surface area contributed by atoms with Gasteiger partial charge in [-0.2, -0.15) is 0 Å². The van der Waals surface area contributed by atoms with E-state index in [4.69, 9.17) is 5.11 Å². The molecular weight excluding hydrogens is 292 g/mol. The highest BCUT2D eigenvalue weighted by atomic mass is 32.1. The minimum absolute atomic E-state index is 0.115. The SMILES string of the molecule is Cc1csc(C(C)NC(=O)c2ccc(C#CCO)s2)n1.